The summed E-state index contributed by atoms with van der Waals surface area (Å²) in [6.45, 7) is 4.83. The SMILES string of the molecule is Cc1ccc(C(=O)N2CC[NH+](CC(=O)Nc3ccccc3Cl)CC2)o1. The van der Waals surface area contributed by atoms with Crippen molar-refractivity contribution in [1.29, 1.82) is 0 Å². The van der Waals surface area contributed by atoms with E-state index in [-0.39, 0.29) is 11.8 Å². The molecule has 0 aliphatic carbocycles. The normalized spacial score (nSPS) is 15.2. The molecule has 7 heteroatoms. The van der Waals surface area contributed by atoms with Crippen molar-refractivity contribution in [2.45, 2.75) is 6.92 Å². The van der Waals surface area contributed by atoms with Crippen LogP contribution in [0.3, 0.4) is 0 Å². The summed E-state index contributed by atoms with van der Waals surface area (Å²) >= 11 is 6.05. The van der Waals surface area contributed by atoms with Crippen molar-refractivity contribution < 1.29 is 18.9 Å². The third-order valence-corrected chi connectivity index (χ3v) is 4.60. The Balaban J connectivity index is 1.48. The molecule has 2 amide bonds. The van der Waals surface area contributed by atoms with Crippen LogP contribution in [0.25, 0.3) is 0 Å². The number of furan rings is 1. The largest absolute Gasteiger partial charge is 0.456 e. The van der Waals surface area contributed by atoms with E-state index in [1.54, 1.807) is 29.2 Å². The van der Waals surface area contributed by atoms with Gasteiger partial charge >= 0.3 is 0 Å². The minimum atomic E-state index is -0.0901. The highest BCUT2D eigenvalue weighted by Gasteiger charge is 2.27. The van der Waals surface area contributed by atoms with Gasteiger partial charge < -0.3 is 19.5 Å². The average Bonchev–Trinajstić information content (AvgIpc) is 3.03. The Morgan fingerprint density at radius 1 is 1.20 bits per heavy atom. The van der Waals surface area contributed by atoms with Gasteiger partial charge in [0.15, 0.2) is 12.3 Å². The molecule has 0 atom stereocenters. The number of halogens is 1. The maximum absolute atomic E-state index is 12.3. The van der Waals surface area contributed by atoms with Crippen LogP contribution < -0.4 is 10.2 Å². The van der Waals surface area contributed by atoms with Crippen LogP contribution in [0.1, 0.15) is 16.3 Å². The molecule has 0 saturated carbocycles. The first-order chi connectivity index (χ1) is 12.0. The highest BCUT2D eigenvalue weighted by molar-refractivity contribution is 6.33. The van der Waals surface area contributed by atoms with Crippen molar-refractivity contribution >= 4 is 29.1 Å². The summed E-state index contributed by atoms with van der Waals surface area (Å²) in [7, 11) is 0. The zero-order valence-electron chi connectivity index (χ0n) is 14.0. The minimum Gasteiger partial charge on any atom is -0.456 e. The molecule has 1 aromatic heterocycles. The average molecular weight is 363 g/mol. The fourth-order valence-electron chi connectivity index (χ4n) is 2.89. The summed E-state index contributed by atoms with van der Waals surface area (Å²) in [6, 6.07) is 10.7. The van der Waals surface area contributed by atoms with Crippen molar-refractivity contribution in [2.75, 3.05) is 38.0 Å². The van der Waals surface area contributed by atoms with Crippen LogP contribution >= 0.6 is 11.6 Å². The standard InChI is InChI=1S/C18H20ClN3O3/c1-13-6-7-16(25-13)18(24)22-10-8-21(9-11-22)12-17(23)20-15-5-3-2-4-14(15)19/h2-7H,8-12H2,1H3,(H,20,23)/p+1. The van der Waals surface area contributed by atoms with E-state index >= 15 is 0 Å². The number of hydrogen-bond donors (Lipinski definition) is 2. The summed E-state index contributed by atoms with van der Waals surface area (Å²) in [4.78, 5) is 27.5. The topological polar surface area (TPSA) is 67.0 Å². The molecule has 1 aliphatic heterocycles. The first-order valence-corrected chi connectivity index (χ1v) is 8.64. The minimum absolute atomic E-state index is 0.0791. The van der Waals surface area contributed by atoms with Gasteiger partial charge in [0.05, 0.1) is 36.9 Å². The number of benzene rings is 1. The first kappa shape index (κ1) is 17.5. The van der Waals surface area contributed by atoms with Crippen LogP contribution in [-0.2, 0) is 4.79 Å². The van der Waals surface area contributed by atoms with Crippen LogP contribution in [0.5, 0.6) is 0 Å². The van der Waals surface area contributed by atoms with E-state index < -0.39 is 0 Å². The van der Waals surface area contributed by atoms with Crippen LogP contribution in [0.15, 0.2) is 40.8 Å². The number of carbonyl (C=O) groups excluding carboxylic acids is 2. The fourth-order valence-corrected chi connectivity index (χ4v) is 3.08. The van der Waals surface area contributed by atoms with Crippen molar-refractivity contribution in [3.63, 3.8) is 0 Å². The lowest BCUT2D eigenvalue weighted by Crippen LogP contribution is -3.15. The summed E-state index contributed by atoms with van der Waals surface area (Å²) < 4.78 is 5.39. The summed E-state index contributed by atoms with van der Waals surface area (Å²) in [6.07, 6.45) is 0. The predicted octanol–water partition coefficient (Wildman–Crippen LogP) is 1.22. The molecule has 0 radical (unpaired) electrons. The molecule has 1 fully saturated rings. The van der Waals surface area contributed by atoms with Crippen LogP contribution in [0, 0.1) is 6.92 Å². The number of hydrogen-bond acceptors (Lipinski definition) is 3. The van der Waals surface area contributed by atoms with Gasteiger partial charge in [-0.25, -0.2) is 0 Å². The van der Waals surface area contributed by atoms with Crippen molar-refractivity contribution in [2.24, 2.45) is 0 Å². The molecule has 25 heavy (non-hydrogen) atoms. The third-order valence-electron chi connectivity index (χ3n) is 4.27. The van der Waals surface area contributed by atoms with Crippen LogP contribution in [0.4, 0.5) is 5.69 Å². The lowest BCUT2D eigenvalue weighted by Gasteiger charge is -2.31. The second-order valence-corrected chi connectivity index (χ2v) is 6.56. The summed E-state index contributed by atoms with van der Waals surface area (Å²) in [5.41, 5.74) is 0.621. The zero-order chi connectivity index (χ0) is 17.8. The Morgan fingerprint density at radius 2 is 1.92 bits per heavy atom. The number of aryl methyl sites for hydroxylation is 1. The predicted molar refractivity (Wildman–Crippen MR) is 95.0 cm³/mol. The molecule has 0 bridgehead atoms. The number of quaternary nitrogens is 1. The molecular weight excluding hydrogens is 342 g/mol. The fraction of sp³-hybridized carbons (Fsp3) is 0.333. The van der Waals surface area contributed by atoms with Gasteiger partial charge in [-0.15, -0.1) is 0 Å². The molecule has 6 nitrogen and oxygen atoms in total. The molecular formula is C18H21ClN3O3+. The van der Waals surface area contributed by atoms with Gasteiger partial charge in [-0.3, -0.25) is 9.59 Å². The smallest absolute Gasteiger partial charge is 0.289 e. The van der Waals surface area contributed by atoms with E-state index in [2.05, 4.69) is 5.32 Å². The van der Waals surface area contributed by atoms with Gasteiger partial charge in [0.1, 0.15) is 5.76 Å². The maximum atomic E-state index is 12.3. The number of piperazine rings is 1. The second-order valence-electron chi connectivity index (χ2n) is 6.16. The molecule has 2 heterocycles. The quantitative estimate of drug-likeness (QED) is 0.859. The van der Waals surface area contributed by atoms with E-state index in [0.717, 1.165) is 23.7 Å². The monoisotopic (exact) mass is 362 g/mol. The van der Waals surface area contributed by atoms with Crippen molar-refractivity contribution in [1.82, 2.24) is 4.90 Å². The van der Waals surface area contributed by atoms with Crippen LogP contribution in [-0.4, -0.2) is 49.4 Å². The Kier molecular flexibility index (Phi) is 5.40. The second kappa shape index (κ2) is 7.72. The Labute approximate surface area is 151 Å². The summed E-state index contributed by atoms with van der Waals surface area (Å²) in [5.74, 6) is 0.929. The lowest BCUT2D eigenvalue weighted by molar-refractivity contribution is -0.895. The van der Waals surface area contributed by atoms with Gasteiger partial charge in [0, 0.05) is 0 Å². The van der Waals surface area contributed by atoms with Crippen LogP contribution in [0.2, 0.25) is 5.02 Å². The van der Waals surface area contributed by atoms with E-state index in [1.807, 2.05) is 19.1 Å². The molecule has 1 aromatic carbocycles. The molecule has 2 N–H and O–H groups in total. The molecule has 1 aliphatic rings. The Bertz CT molecular complexity index is 766. The molecule has 1 saturated heterocycles. The number of rotatable bonds is 4. The van der Waals surface area contributed by atoms with E-state index in [1.165, 1.54) is 0 Å². The lowest BCUT2D eigenvalue weighted by atomic mass is 10.2. The van der Waals surface area contributed by atoms with Crippen molar-refractivity contribution in [3.05, 3.63) is 52.9 Å². The number of nitrogens with one attached hydrogen (secondary N) is 2. The Morgan fingerprint density at radius 3 is 2.56 bits per heavy atom. The molecule has 0 spiro atoms. The Hall–Kier alpha value is -2.31. The summed E-state index contributed by atoms with van der Waals surface area (Å²) in [5, 5.41) is 3.36. The first-order valence-electron chi connectivity index (χ1n) is 8.26. The highest BCUT2D eigenvalue weighted by atomic mass is 35.5. The molecule has 0 unspecified atom stereocenters. The maximum Gasteiger partial charge on any atom is 0.289 e. The van der Waals surface area contributed by atoms with E-state index in [0.29, 0.717) is 36.1 Å². The van der Waals surface area contributed by atoms with Gasteiger partial charge in [-0.1, -0.05) is 23.7 Å². The highest BCUT2D eigenvalue weighted by Crippen LogP contribution is 2.19. The van der Waals surface area contributed by atoms with E-state index in [4.69, 9.17) is 16.0 Å². The van der Waals surface area contributed by atoms with Crippen molar-refractivity contribution in [3.8, 4) is 0 Å². The third kappa shape index (κ3) is 4.41. The number of amides is 2. The molecule has 132 valence electrons. The number of carbonyl (C=O) groups is 2. The number of nitrogens with zero attached hydrogens (tertiary/aromatic N) is 1. The molecule has 2 aromatic rings. The molecule has 3 rings (SSSR count). The van der Waals surface area contributed by atoms with E-state index in [9.17, 15) is 9.59 Å². The zero-order valence-corrected chi connectivity index (χ0v) is 14.8. The van der Waals surface area contributed by atoms with Gasteiger partial charge in [0.2, 0.25) is 0 Å². The van der Waals surface area contributed by atoms with Gasteiger partial charge in [0.25, 0.3) is 11.8 Å². The van der Waals surface area contributed by atoms with Gasteiger partial charge in [-0.2, -0.15) is 0 Å². The number of para-hydroxylation sites is 1. The number of anilines is 1. The van der Waals surface area contributed by atoms with Gasteiger partial charge in [-0.05, 0) is 31.2 Å².